The average molecular weight is 593 g/mol. The Kier molecular flexibility index (Phi) is 11.4. The highest BCUT2D eigenvalue weighted by Crippen LogP contribution is 2.29. The van der Waals surface area contributed by atoms with Crippen LogP contribution in [0.3, 0.4) is 0 Å². The summed E-state index contributed by atoms with van der Waals surface area (Å²) in [5, 5.41) is 19.5. The van der Waals surface area contributed by atoms with Crippen LogP contribution in [0.4, 0.5) is 0 Å². The Bertz CT molecular complexity index is 1680. The molecule has 0 aromatic heterocycles. The molecular weight excluding hydrogens is 560 g/mol. The molecule has 4 aromatic rings. The van der Waals surface area contributed by atoms with Crippen LogP contribution < -0.4 is 0 Å². The van der Waals surface area contributed by atoms with Gasteiger partial charge >= 0.3 is 11.9 Å². The number of benzene rings is 4. The van der Waals surface area contributed by atoms with Crippen molar-refractivity contribution in [2.24, 2.45) is 5.41 Å². The van der Waals surface area contributed by atoms with E-state index in [-0.39, 0.29) is 25.2 Å². The van der Waals surface area contributed by atoms with E-state index < -0.39 is 17.4 Å². The van der Waals surface area contributed by atoms with E-state index in [1.807, 2.05) is 133 Å². The number of rotatable bonds is 12. The van der Waals surface area contributed by atoms with Crippen molar-refractivity contribution >= 4 is 23.1 Å². The third-order valence-electron chi connectivity index (χ3n) is 7.06. The van der Waals surface area contributed by atoms with Gasteiger partial charge in [-0.25, -0.2) is 4.79 Å². The highest BCUT2D eigenvalue weighted by atomic mass is 16.6. The van der Waals surface area contributed by atoms with Crippen molar-refractivity contribution < 1.29 is 19.1 Å². The summed E-state index contributed by atoms with van der Waals surface area (Å²) in [6.07, 6.45) is 5.10. The summed E-state index contributed by atoms with van der Waals surface area (Å²) >= 11 is 0. The van der Waals surface area contributed by atoms with Crippen LogP contribution >= 0.6 is 0 Å². The Morgan fingerprint density at radius 2 is 1.07 bits per heavy atom. The Hall–Kier alpha value is -5.98. The maximum atomic E-state index is 13.0. The lowest BCUT2D eigenvalue weighted by atomic mass is 9.86. The van der Waals surface area contributed by atoms with Crippen LogP contribution in [0, 0.1) is 28.1 Å². The molecule has 0 saturated heterocycles. The summed E-state index contributed by atoms with van der Waals surface area (Å²) in [6.45, 7) is 0.989. The van der Waals surface area contributed by atoms with Gasteiger partial charge in [0.2, 0.25) is 0 Å². The van der Waals surface area contributed by atoms with Crippen LogP contribution in [0.1, 0.15) is 35.6 Å². The second-order valence-corrected chi connectivity index (χ2v) is 10.3. The van der Waals surface area contributed by atoms with E-state index >= 15 is 0 Å². The second-order valence-electron chi connectivity index (χ2n) is 10.3. The summed E-state index contributed by atoms with van der Waals surface area (Å²) in [4.78, 5) is 25.6. The van der Waals surface area contributed by atoms with E-state index in [2.05, 4.69) is 6.07 Å². The van der Waals surface area contributed by atoms with Gasteiger partial charge < -0.3 is 9.47 Å². The fraction of sp³-hybridized carbons (Fsp3) is 0.128. The number of carbonyl (C=O) groups is 2. The van der Waals surface area contributed by atoms with Gasteiger partial charge in [0, 0.05) is 0 Å². The molecule has 222 valence electrons. The first kappa shape index (κ1) is 31.9. The van der Waals surface area contributed by atoms with Gasteiger partial charge in [-0.15, -0.1) is 0 Å². The van der Waals surface area contributed by atoms with Crippen LogP contribution in [-0.4, -0.2) is 25.2 Å². The predicted octanol–water partition coefficient (Wildman–Crippen LogP) is 7.71. The van der Waals surface area contributed by atoms with Crippen molar-refractivity contribution in [1.82, 2.24) is 0 Å². The van der Waals surface area contributed by atoms with Crippen molar-refractivity contribution in [3.63, 3.8) is 0 Å². The topological polar surface area (TPSA) is 100 Å². The minimum Gasteiger partial charge on any atom is -0.461 e. The first-order valence-corrected chi connectivity index (χ1v) is 14.4. The molecule has 6 nitrogen and oxygen atoms in total. The molecule has 0 fully saturated rings. The van der Waals surface area contributed by atoms with Gasteiger partial charge in [0.1, 0.15) is 24.9 Å². The molecule has 0 radical (unpaired) electrons. The van der Waals surface area contributed by atoms with Crippen LogP contribution in [0.2, 0.25) is 0 Å². The number of ether oxygens (including phenoxy) is 2. The van der Waals surface area contributed by atoms with Crippen LogP contribution in [0.25, 0.3) is 11.1 Å². The molecule has 0 aliphatic heterocycles. The predicted molar refractivity (Wildman–Crippen MR) is 174 cm³/mol. The highest BCUT2D eigenvalue weighted by molar-refractivity contribution is 5.94. The third kappa shape index (κ3) is 8.76. The molecule has 0 N–H and O–H groups in total. The minimum atomic E-state index is -1.47. The largest absolute Gasteiger partial charge is 0.461 e. The normalized spacial score (nSPS) is 11.9. The minimum absolute atomic E-state index is 0.111. The first-order valence-electron chi connectivity index (χ1n) is 14.4. The maximum Gasteiger partial charge on any atom is 0.349 e. The zero-order chi connectivity index (χ0) is 31.9. The van der Waals surface area contributed by atoms with E-state index in [0.717, 1.165) is 33.4 Å². The van der Waals surface area contributed by atoms with E-state index in [1.54, 1.807) is 6.08 Å². The van der Waals surface area contributed by atoms with Crippen molar-refractivity contribution in [1.29, 1.82) is 10.5 Å². The summed E-state index contributed by atoms with van der Waals surface area (Å²) in [5.41, 5.74) is 3.82. The number of hydrogen-bond acceptors (Lipinski definition) is 6. The van der Waals surface area contributed by atoms with Gasteiger partial charge in [-0.05, 0) is 52.8 Å². The van der Waals surface area contributed by atoms with E-state index in [4.69, 9.17) is 9.47 Å². The Balaban J connectivity index is 1.39. The van der Waals surface area contributed by atoms with Crippen LogP contribution in [0.15, 0.2) is 145 Å². The van der Waals surface area contributed by atoms with Crippen molar-refractivity contribution in [3.05, 3.63) is 167 Å². The van der Waals surface area contributed by atoms with E-state index in [0.29, 0.717) is 0 Å². The zero-order valence-corrected chi connectivity index (χ0v) is 24.9. The zero-order valence-electron chi connectivity index (χ0n) is 24.9. The van der Waals surface area contributed by atoms with Crippen molar-refractivity contribution in [2.45, 2.75) is 13.3 Å². The molecule has 0 aliphatic carbocycles. The third-order valence-corrected chi connectivity index (χ3v) is 7.06. The Morgan fingerprint density at radius 1 is 0.644 bits per heavy atom. The highest BCUT2D eigenvalue weighted by Gasteiger charge is 2.34. The number of nitrogens with zero attached hydrogens (tertiary/aromatic N) is 2. The number of esters is 2. The Morgan fingerprint density at radius 3 is 1.49 bits per heavy atom. The molecule has 4 rings (SSSR count). The first-order chi connectivity index (χ1) is 21.9. The molecule has 0 spiro atoms. The molecular formula is C39H32N2O4. The quantitative estimate of drug-likeness (QED) is 0.0549. The summed E-state index contributed by atoms with van der Waals surface area (Å²) in [5.74, 6) is -1.57. The van der Waals surface area contributed by atoms with E-state index in [9.17, 15) is 20.1 Å². The molecule has 45 heavy (non-hydrogen) atoms. The van der Waals surface area contributed by atoms with Crippen molar-refractivity contribution in [3.8, 4) is 12.1 Å². The smallest absolute Gasteiger partial charge is 0.349 e. The Labute approximate surface area is 263 Å². The van der Waals surface area contributed by atoms with Crippen LogP contribution in [0.5, 0.6) is 0 Å². The van der Waals surface area contributed by atoms with Crippen LogP contribution in [-0.2, 0) is 19.1 Å². The van der Waals surface area contributed by atoms with Gasteiger partial charge in [0.15, 0.2) is 5.41 Å². The molecule has 0 saturated carbocycles. The van der Waals surface area contributed by atoms with Gasteiger partial charge in [-0.2, -0.15) is 10.5 Å². The second kappa shape index (κ2) is 16.0. The fourth-order valence-corrected chi connectivity index (χ4v) is 4.54. The lowest BCUT2D eigenvalue weighted by molar-refractivity contribution is -0.155. The SMILES string of the molecule is CC(C#N)(CC=C(c1ccccc1)c1ccccc1)C(=O)OCCOC(=O)/C(C#N)=C\C=C(c1ccccc1)c1ccccc1. The lowest BCUT2D eigenvalue weighted by Crippen LogP contribution is -2.29. The van der Waals surface area contributed by atoms with E-state index in [1.165, 1.54) is 13.0 Å². The number of nitriles is 2. The number of carbonyl (C=O) groups excluding carboxylic acids is 2. The van der Waals surface area contributed by atoms with Crippen molar-refractivity contribution in [2.75, 3.05) is 13.2 Å². The molecule has 6 heteroatoms. The molecule has 0 heterocycles. The fourth-order valence-electron chi connectivity index (χ4n) is 4.54. The number of allylic oxidation sites excluding steroid dienone is 3. The molecule has 0 amide bonds. The number of hydrogen-bond donors (Lipinski definition) is 0. The summed E-state index contributed by atoms with van der Waals surface area (Å²) < 4.78 is 10.6. The molecule has 0 aliphatic rings. The maximum absolute atomic E-state index is 13.0. The summed E-state index contributed by atoms with van der Waals surface area (Å²) in [6, 6.07) is 42.7. The summed E-state index contributed by atoms with van der Waals surface area (Å²) in [7, 11) is 0. The van der Waals surface area contributed by atoms with Gasteiger partial charge in [-0.3, -0.25) is 4.79 Å². The average Bonchev–Trinajstić information content (AvgIpc) is 3.10. The molecule has 0 bridgehead atoms. The lowest BCUT2D eigenvalue weighted by Gasteiger charge is -2.19. The molecule has 1 unspecified atom stereocenters. The van der Waals surface area contributed by atoms with Gasteiger partial charge in [0.05, 0.1) is 6.07 Å². The molecule has 1 atom stereocenters. The molecule has 4 aromatic carbocycles. The standard InChI is InChI=1S/C39H32N2O4/c1-39(29-41,25-24-36(32-18-10-4-11-19-32)33-20-12-5-13-21-33)38(43)45-27-26-44-37(42)34(28-40)22-23-35(30-14-6-2-7-15-30)31-16-8-3-9-17-31/h2-24H,25-27H2,1H3/b34-22-. The van der Waals surface area contributed by atoms with Gasteiger partial charge in [0.25, 0.3) is 0 Å². The van der Waals surface area contributed by atoms with Gasteiger partial charge in [-0.1, -0.05) is 133 Å². The monoisotopic (exact) mass is 592 g/mol.